The van der Waals surface area contributed by atoms with Gasteiger partial charge in [-0.1, -0.05) is 0 Å². The highest BCUT2D eigenvalue weighted by Crippen LogP contribution is 1.77. The van der Waals surface area contributed by atoms with Crippen LogP contribution in [0.1, 0.15) is 6.92 Å². The summed E-state index contributed by atoms with van der Waals surface area (Å²) in [6.07, 6.45) is 0. The number of carbonyl (C=O) groups is 2. The summed E-state index contributed by atoms with van der Waals surface area (Å²) in [5, 5.41) is 13.1. The fourth-order valence-electron chi connectivity index (χ4n) is 0.447. The molecule has 0 radical (unpaired) electrons. The van der Waals surface area contributed by atoms with Crippen LogP contribution in [0.5, 0.6) is 0 Å². The monoisotopic (exact) mass is 160 g/mol. The third-order valence-electron chi connectivity index (χ3n) is 1.24. The first-order valence-electron chi connectivity index (χ1n) is 3.24. The van der Waals surface area contributed by atoms with Gasteiger partial charge in [-0.15, -0.1) is 0 Å². The summed E-state index contributed by atoms with van der Waals surface area (Å²) < 4.78 is 0. The number of rotatable bonds is 4. The Morgan fingerprint density at radius 3 is 2.45 bits per heavy atom. The van der Waals surface area contributed by atoms with Gasteiger partial charge in [0, 0.05) is 0 Å². The molecular weight excluding hydrogens is 148 g/mol. The molecule has 5 heteroatoms. The molecule has 0 aliphatic heterocycles. The topological polar surface area (TPSA) is 78.4 Å². The number of likely N-dealkylation sites (N-methyl/N-ethyl adjacent to an activating group) is 1. The van der Waals surface area contributed by atoms with Gasteiger partial charge in [0.2, 0.25) is 5.91 Å². The van der Waals surface area contributed by atoms with E-state index in [1.807, 2.05) is 0 Å². The first-order valence-corrected chi connectivity index (χ1v) is 3.24. The molecule has 1 atom stereocenters. The second kappa shape index (κ2) is 4.68. The Labute approximate surface area is 64.8 Å². The molecule has 0 rings (SSSR count). The normalized spacial score (nSPS) is 12.2. The summed E-state index contributed by atoms with van der Waals surface area (Å²) in [7, 11) is 1.63. The van der Waals surface area contributed by atoms with E-state index in [4.69, 9.17) is 5.11 Å². The first-order chi connectivity index (χ1) is 5.07. The van der Waals surface area contributed by atoms with Crippen molar-refractivity contribution in [1.29, 1.82) is 0 Å². The highest BCUT2D eigenvalue weighted by atomic mass is 16.4. The van der Waals surface area contributed by atoms with E-state index in [0.717, 1.165) is 0 Å². The zero-order chi connectivity index (χ0) is 8.85. The molecule has 11 heavy (non-hydrogen) atoms. The summed E-state index contributed by atoms with van der Waals surface area (Å²) in [6.45, 7) is 1.32. The van der Waals surface area contributed by atoms with Crippen molar-refractivity contribution < 1.29 is 14.7 Å². The van der Waals surface area contributed by atoms with Gasteiger partial charge in [0.15, 0.2) is 0 Å². The molecule has 0 aliphatic rings. The standard InChI is InChI=1S/C6H12N2O3/c1-4(7-2)6(11)8-3-5(9)10/h4,7H,3H2,1-2H3,(H,8,11)(H,9,10). The highest BCUT2D eigenvalue weighted by molar-refractivity contribution is 5.84. The number of carboxylic acids is 1. The fraction of sp³-hybridized carbons (Fsp3) is 0.667. The third kappa shape index (κ3) is 4.32. The molecule has 0 aliphatic carbocycles. The number of hydrogen-bond acceptors (Lipinski definition) is 3. The molecule has 0 fully saturated rings. The van der Waals surface area contributed by atoms with Crippen molar-refractivity contribution in [3.63, 3.8) is 0 Å². The highest BCUT2D eigenvalue weighted by Gasteiger charge is 2.09. The molecule has 64 valence electrons. The number of carbonyl (C=O) groups excluding carboxylic acids is 1. The van der Waals surface area contributed by atoms with Crippen LogP contribution in [0.15, 0.2) is 0 Å². The maximum absolute atomic E-state index is 10.8. The SMILES string of the molecule is CNC(C)C(=O)NCC(=O)O. The predicted molar refractivity (Wildman–Crippen MR) is 39.2 cm³/mol. The van der Waals surface area contributed by atoms with E-state index in [9.17, 15) is 9.59 Å². The van der Waals surface area contributed by atoms with Crippen molar-refractivity contribution in [2.45, 2.75) is 13.0 Å². The Morgan fingerprint density at radius 2 is 2.09 bits per heavy atom. The first kappa shape index (κ1) is 9.90. The van der Waals surface area contributed by atoms with Gasteiger partial charge in [0.25, 0.3) is 0 Å². The smallest absolute Gasteiger partial charge is 0.322 e. The Morgan fingerprint density at radius 1 is 1.55 bits per heavy atom. The van der Waals surface area contributed by atoms with Gasteiger partial charge in [-0.2, -0.15) is 0 Å². The Hall–Kier alpha value is -1.10. The lowest BCUT2D eigenvalue weighted by atomic mass is 10.3. The van der Waals surface area contributed by atoms with Crippen LogP contribution in [0, 0.1) is 0 Å². The van der Waals surface area contributed by atoms with Gasteiger partial charge in [-0.3, -0.25) is 9.59 Å². The summed E-state index contributed by atoms with van der Waals surface area (Å²) in [6, 6.07) is -0.352. The van der Waals surface area contributed by atoms with Crippen LogP contribution in [-0.2, 0) is 9.59 Å². The zero-order valence-electron chi connectivity index (χ0n) is 6.55. The molecule has 0 bridgehead atoms. The number of hydrogen-bond donors (Lipinski definition) is 3. The van der Waals surface area contributed by atoms with Gasteiger partial charge in [-0.05, 0) is 14.0 Å². The maximum Gasteiger partial charge on any atom is 0.322 e. The van der Waals surface area contributed by atoms with Crippen LogP contribution in [0.2, 0.25) is 0 Å². The van der Waals surface area contributed by atoms with Gasteiger partial charge in [0.1, 0.15) is 6.54 Å². The van der Waals surface area contributed by atoms with E-state index in [2.05, 4.69) is 10.6 Å². The van der Waals surface area contributed by atoms with Gasteiger partial charge >= 0.3 is 5.97 Å². The van der Waals surface area contributed by atoms with Crippen molar-refractivity contribution in [3.05, 3.63) is 0 Å². The van der Waals surface area contributed by atoms with E-state index < -0.39 is 5.97 Å². The average Bonchev–Trinajstić information content (AvgIpc) is 1.98. The fourth-order valence-corrected chi connectivity index (χ4v) is 0.447. The molecule has 0 aromatic heterocycles. The van der Waals surface area contributed by atoms with Crippen LogP contribution in [-0.4, -0.2) is 36.6 Å². The molecule has 1 unspecified atom stereocenters. The van der Waals surface area contributed by atoms with Crippen LogP contribution >= 0.6 is 0 Å². The molecule has 5 nitrogen and oxygen atoms in total. The minimum absolute atomic E-state index is 0.310. The number of nitrogens with one attached hydrogen (secondary N) is 2. The molecule has 0 heterocycles. The molecule has 0 spiro atoms. The van der Waals surface area contributed by atoms with Crippen molar-refractivity contribution in [1.82, 2.24) is 10.6 Å². The van der Waals surface area contributed by atoms with E-state index in [-0.39, 0.29) is 18.5 Å². The Balaban J connectivity index is 3.60. The maximum atomic E-state index is 10.8. The summed E-state index contributed by atoms with van der Waals surface area (Å²) in [4.78, 5) is 20.8. The Kier molecular flexibility index (Phi) is 4.21. The Bertz CT molecular complexity index is 158. The number of amides is 1. The number of aliphatic carboxylic acids is 1. The predicted octanol–water partition coefficient (Wildman–Crippen LogP) is -1.20. The molecule has 0 aromatic rings. The van der Waals surface area contributed by atoms with Crippen LogP contribution < -0.4 is 10.6 Å². The lowest BCUT2D eigenvalue weighted by Crippen LogP contribution is -2.42. The lowest BCUT2D eigenvalue weighted by molar-refractivity contribution is -0.138. The van der Waals surface area contributed by atoms with Crippen molar-refractivity contribution in [2.75, 3.05) is 13.6 Å². The molecule has 1 amide bonds. The van der Waals surface area contributed by atoms with Gasteiger partial charge in [-0.25, -0.2) is 0 Å². The second-order valence-corrected chi connectivity index (χ2v) is 2.12. The van der Waals surface area contributed by atoms with Crippen molar-refractivity contribution in [2.24, 2.45) is 0 Å². The van der Waals surface area contributed by atoms with E-state index in [1.54, 1.807) is 14.0 Å². The van der Waals surface area contributed by atoms with Crippen molar-refractivity contribution >= 4 is 11.9 Å². The summed E-state index contributed by atoms with van der Waals surface area (Å²) in [5.41, 5.74) is 0. The third-order valence-corrected chi connectivity index (χ3v) is 1.24. The van der Waals surface area contributed by atoms with Crippen LogP contribution in [0.3, 0.4) is 0 Å². The largest absolute Gasteiger partial charge is 0.480 e. The average molecular weight is 160 g/mol. The lowest BCUT2D eigenvalue weighted by Gasteiger charge is -2.08. The van der Waals surface area contributed by atoms with E-state index in [0.29, 0.717) is 0 Å². The quantitative estimate of drug-likeness (QED) is 0.482. The van der Waals surface area contributed by atoms with Gasteiger partial charge in [0.05, 0.1) is 6.04 Å². The number of carboxylic acid groups (broad SMARTS) is 1. The molecule has 0 aromatic carbocycles. The molecule has 0 saturated carbocycles. The second-order valence-electron chi connectivity index (χ2n) is 2.12. The minimum Gasteiger partial charge on any atom is -0.480 e. The molecule has 0 saturated heterocycles. The zero-order valence-corrected chi connectivity index (χ0v) is 6.55. The van der Waals surface area contributed by atoms with Gasteiger partial charge < -0.3 is 15.7 Å². The summed E-state index contributed by atoms with van der Waals surface area (Å²) >= 11 is 0. The van der Waals surface area contributed by atoms with Crippen LogP contribution in [0.4, 0.5) is 0 Å². The molecule has 3 N–H and O–H groups in total. The van der Waals surface area contributed by atoms with Crippen LogP contribution in [0.25, 0.3) is 0 Å². The van der Waals surface area contributed by atoms with E-state index in [1.165, 1.54) is 0 Å². The van der Waals surface area contributed by atoms with Crippen molar-refractivity contribution in [3.8, 4) is 0 Å². The van der Waals surface area contributed by atoms with E-state index >= 15 is 0 Å². The summed E-state index contributed by atoms with van der Waals surface area (Å²) in [5.74, 6) is -1.35. The minimum atomic E-state index is -1.04. The molecular formula is C6H12N2O3.